The Bertz CT molecular complexity index is 706. The van der Waals surface area contributed by atoms with Crippen LogP contribution in [0.15, 0.2) is 82.0 Å². The van der Waals surface area contributed by atoms with E-state index < -0.39 is 0 Å². The summed E-state index contributed by atoms with van der Waals surface area (Å²) in [6, 6.07) is 19.8. The summed E-state index contributed by atoms with van der Waals surface area (Å²) >= 11 is 1.41. The Hall–Kier alpha value is -2.40. The summed E-state index contributed by atoms with van der Waals surface area (Å²) in [5.74, 6) is 0. The van der Waals surface area contributed by atoms with Gasteiger partial charge < -0.3 is 4.83 Å². The van der Waals surface area contributed by atoms with Crippen molar-refractivity contribution in [1.29, 1.82) is 0 Å². The van der Waals surface area contributed by atoms with Crippen molar-refractivity contribution in [3.63, 3.8) is 0 Å². The molecule has 2 aromatic rings. The van der Waals surface area contributed by atoms with Crippen molar-refractivity contribution in [3.05, 3.63) is 82.2 Å². The Morgan fingerprint density at radius 3 is 2.38 bits per heavy atom. The van der Waals surface area contributed by atoms with E-state index in [0.717, 1.165) is 21.9 Å². The molecule has 0 N–H and O–H groups in total. The number of hydrogen-bond acceptors (Lipinski definition) is 3. The van der Waals surface area contributed by atoms with Gasteiger partial charge in [-0.2, -0.15) is 22.2 Å². The van der Waals surface area contributed by atoms with E-state index in [-0.39, 0.29) is 0 Å². The summed E-state index contributed by atoms with van der Waals surface area (Å²) in [4.78, 5) is 5.33. The highest BCUT2D eigenvalue weighted by Crippen LogP contribution is 2.33. The highest BCUT2D eigenvalue weighted by molar-refractivity contribution is 8.06. The van der Waals surface area contributed by atoms with Crippen LogP contribution in [0.2, 0.25) is 0 Å². The lowest BCUT2D eigenvalue weighted by atomic mass is 10.1. The summed E-state index contributed by atoms with van der Waals surface area (Å²) in [6.07, 6.45) is 1.76. The monoisotopic (exact) mass is 294 g/mol. The molecule has 104 valence electrons. The number of nitrogens with zero attached hydrogens (tertiary/aromatic N) is 4. The molecule has 0 spiro atoms. The van der Waals surface area contributed by atoms with Crippen molar-refractivity contribution in [2.24, 2.45) is 10.2 Å². The second kappa shape index (κ2) is 6.37. The SMILES string of the molecule is C[N+]1=C(c2ccccc2)/C(=C/N=Nc2ccccc2)S[N-]1. The Morgan fingerprint density at radius 2 is 1.67 bits per heavy atom. The van der Waals surface area contributed by atoms with Crippen molar-refractivity contribution in [2.45, 2.75) is 0 Å². The Labute approximate surface area is 128 Å². The number of allylic oxidation sites excluding steroid dienone is 1. The van der Waals surface area contributed by atoms with Gasteiger partial charge in [0.05, 0.1) is 16.8 Å². The zero-order chi connectivity index (χ0) is 14.5. The molecular weight excluding hydrogens is 280 g/mol. The van der Waals surface area contributed by atoms with Gasteiger partial charge in [-0.3, -0.25) is 4.68 Å². The fraction of sp³-hybridized carbons (Fsp3) is 0.0625. The van der Waals surface area contributed by atoms with Crippen LogP contribution in [0.5, 0.6) is 0 Å². The standard InChI is InChI=1S/C16H14N4S/c1-20-16(13-8-4-2-5-9-13)15(21-19-20)12-17-18-14-10-6-3-7-11-14/h2-12H,1H3/b15-12-,18-17?. The van der Waals surface area contributed by atoms with Gasteiger partial charge in [0, 0.05) is 5.56 Å². The molecule has 0 amide bonds. The molecule has 0 atom stereocenters. The predicted octanol–water partition coefficient (Wildman–Crippen LogP) is 4.69. The summed E-state index contributed by atoms with van der Waals surface area (Å²) < 4.78 is 1.86. The lowest BCUT2D eigenvalue weighted by molar-refractivity contribution is -0.427. The minimum Gasteiger partial charge on any atom is -0.378 e. The first-order chi connectivity index (χ1) is 10.3. The van der Waals surface area contributed by atoms with Gasteiger partial charge in [0.15, 0.2) is 0 Å². The van der Waals surface area contributed by atoms with Crippen molar-refractivity contribution in [2.75, 3.05) is 7.05 Å². The Kier molecular flexibility index (Phi) is 4.12. The number of benzene rings is 2. The van der Waals surface area contributed by atoms with Crippen LogP contribution >= 0.6 is 11.9 Å². The molecule has 1 aliphatic heterocycles. The van der Waals surface area contributed by atoms with Gasteiger partial charge in [-0.25, -0.2) is 0 Å². The third kappa shape index (κ3) is 3.20. The third-order valence-electron chi connectivity index (χ3n) is 2.97. The van der Waals surface area contributed by atoms with E-state index >= 15 is 0 Å². The van der Waals surface area contributed by atoms with Crippen LogP contribution < -0.4 is 0 Å². The first-order valence-electron chi connectivity index (χ1n) is 6.55. The van der Waals surface area contributed by atoms with Gasteiger partial charge in [0.1, 0.15) is 7.05 Å². The van der Waals surface area contributed by atoms with Crippen LogP contribution in [0.4, 0.5) is 5.69 Å². The second-order valence-electron chi connectivity index (χ2n) is 4.46. The van der Waals surface area contributed by atoms with E-state index in [2.05, 4.69) is 27.2 Å². The van der Waals surface area contributed by atoms with Crippen LogP contribution in [-0.2, 0) is 0 Å². The molecule has 1 aliphatic rings. The average molecular weight is 294 g/mol. The van der Waals surface area contributed by atoms with E-state index in [1.165, 1.54) is 11.9 Å². The van der Waals surface area contributed by atoms with Gasteiger partial charge in [-0.15, -0.1) is 0 Å². The molecule has 3 rings (SSSR count). The Balaban J connectivity index is 1.85. The lowest BCUT2D eigenvalue weighted by Gasteiger charge is -2.01. The van der Waals surface area contributed by atoms with Crippen LogP contribution in [0.1, 0.15) is 5.56 Å². The van der Waals surface area contributed by atoms with E-state index in [9.17, 15) is 0 Å². The van der Waals surface area contributed by atoms with E-state index in [4.69, 9.17) is 0 Å². The molecule has 2 aromatic carbocycles. The van der Waals surface area contributed by atoms with Crippen LogP contribution in [-0.4, -0.2) is 17.4 Å². The van der Waals surface area contributed by atoms with Crippen LogP contribution in [0.25, 0.3) is 4.83 Å². The molecule has 0 saturated carbocycles. The third-order valence-corrected chi connectivity index (χ3v) is 3.79. The van der Waals surface area contributed by atoms with Gasteiger partial charge in [-0.1, -0.05) is 36.4 Å². The quantitative estimate of drug-likeness (QED) is 0.460. The largest absolute Gasteiger partial charge is 0.378 e. The molecule has 0 bridgehead atoms. The number of azo groups is 1. The maximum absolute atomic E-state index is 4.34. The first-order valence-corrected chi connectivity index (χ1v) is 7.32. The van der Waals surface area contributed by atoms with E-state index in [0.29, 0.717) is 0 Å². The molecule has 0 aromatic heterocycles. The maximum atomic E-state index is 4.34. The van der Waals surface area contributed by atoms with Crippen molar-refractivity contribution >= 4 is 23.3 Å². The minimum absolute atomic E-state index is 0.837. The number of hydrogen-bond donors (Lipinski definition) is 0. The van der Waals surface area contributed by atoms with E-state index in [1.807, 2.05) is 60.3 Å². The molecule has 0 fully saturated rings. The molecule has 4 nitrogen and oxygen atoms in total. The molecule has 5 heteroatoms. The average Bonchev–Trinajstić information content (AvgIpc) is 2.90. The highest BCUT2D eigenvalue weighted by Gasteiger charge is 2.20. The zero-order valence-electron chi connectivity index (χ0n) is 11.5. The summed E-state index contributed by atoms with van der Waals surface area (Å²) in [5, 5.41) is 8.35. The molecule has 1 heterocycles. The van der Waals surface area contributed by atoms with Gasteiger partial charge in [0.2, 0.25) is 5.71 Å². The van der Waals surface area contributed by atoms with Gasteiger partial charge in [-0.05, 0) is 24.3 Å². The fourth-order valence-corrected chi connectivity index (χ4v) is 2.72. The second-order valence-corrected chi connectivity index (χ2v) is 5.24. The van der Waals surface area contributed by atoms with Gasteiger partial charge in [0.25, 0.3) is 0 Å². The molecule has 0 aliphatic carbocycles. The predicted molar refractivity (Wildman–Crippen MR) is 86.7 cm³/mol. The molecular formula is C16H14N4S. The summed E-state index contributed by atoms with van der Waals surface area (Å²) in [7, 11) is 1.94. The maximum Gasteiger partial charge on any atom is 0.217 e. The van der Waals surface area contributed by atoms with Gasteiger partial charge >= 0.3 is 0 Å². The fourth-order valence-electron chi connectivity index (χ4n) is 2.00. The minimum atomic E-state index is 0.837. The Morgan fingerprint density at radius 1 is 1.00 bits per heavy atom. The smallest absolute Gasteiger partial charge is 0.217 e. The lowest BCUT2D eigenvalue weighted by Crippen LogP contribution is -2.09. The van der Waals surface area contributed by atoms with E-state index in [1.54, 1.807) is 6.20 Å². The first kappa shape index (κ1) is 13.6. The summed E-state index contributed by atoms with van der Waals surface area (Å²) in [6.45, 7) is 0. The molecule has 0 saturated heterocycles. The highest BCUT2D eigenvalue weighted by atomic mass is 32.2. The zero-order valence-corrected chi connectivity index (χ0v) is 12.4. The topological polar surface area (TPSA) is 41.8 Å². The molecule has 21 heavy (non-hydrogen) atoms. The van der Waals surface area contributed by atoms with Crippen molar-refractivity contribution < 1.29 is 4.68 Å². The van der Waals surface area contributed by atoms with Crippen molar-refractivity contribution in [3.8, 4) is 0 Å². The van der Waals surface area contributed by atoms with Crippen LogP contribution in [0.3, 0.4) is 0 Å². The number of rotatable bonds is 3. The molecule has 0 radical (unpaired) electrons. The van der Waals surface area contributed by atoms with Crippen molar-refractivity contribution in [1.82, 2.24) is 0 Å². The normalized spacial score (nSPS) is 16.7. The van der Waals surface area contributed by atoms with Crippen LogP contribution in [0, 0.1) is 0 Å². The molecule has 0 unspecified atom stereocenters. The summed E-state index contributed by atoms with van der Waals surface area (Å²) in [5.41, 5.74) is 3.01.